The molecule has 0 aliphatic rings. The lowest BCUT2D eigenvalue weighted by Crippen LogP contribution is -2.11. The second kappa shape index (κ2) is 7.84. The molecule has 0 bridgehead atoms. The Labute approximate surface area is 103 Å². The highest BCUT2D eigenvalue weighted by Crippen LogP contribution is 2.12. The fourth-order valence-corrected chi connectivity index (χ4v) is 1.34. The van der Waals surface area contributed by atoms with Gasteiger partial charge in [0.2, 0.25) is 5.88 Å². The molecule has 0 saturated carbocycles. The minimum absolute atomic E-state index is 0.576. The molecule has 0 unspecified atom stereocenters. The highest BCUT2D eigenvalue weighted by atomic mass is 16.5. The summed E-state index contributed by atoms with van der Waals surface area (Å²) in [5, 5.41) is 3.18. The zero-order valence-electron chi connectivity index (χ0n) is 10.8. The lowest BCUT2D eigenvalue weighted by molar-refractivity contribution is 0.141. The van der Waals surface area contributed by atoms with E-state index < -0.39 is 0 Å². The van der Waals surface area contributed by atoms with E-state index >= 15 is 0 Å². The summed E-state index contributed by atoms with van der Waals surface area (Å²) in [6.07, 6.45) is 2.27. The van der Waals surface area contributed by atoms with Crippen molar-refractivity contribution < 1.29 is 9.47 Å². The molecule has 17 heavy (non-hydrogen) atoms. The zero-order valence-corrected chi connectivity index (χ0v) is 10.8. The normalized spacial score (nSPS) is 10.3. The van der Waals surface area contributed by atoms with Crippen LogP contribution in [0, 0.1) is 6.92 Å². The van der Waals surface area contributed by atoms with Gasteiger partial charge in [0, 0.05) is 19.2 Å². The van der Waals surface area contributed by atoms with Crippen LogP contribution in [0.5, 0.6) is 5.88 Å². The number of unbranched alkanes of at least 4 members (excludes halogenated alkanes) is 1. The fraction of sp³-hybridized carbons (Fsp3) is 0.667. The molecule has 0 aromatic carbocycles. The molecular formula is C12H21N3O2. The van der Waals surface area contributed by atoms with Crippen LogP contribution < -0.4 is 10.1 Å². The average molecular weight is 239 g/mol. The quantitative estimate of drug-likeness (QED) is 0.703. The maximum atomic E-state index is 5.45. The summed E-state index contributed by atoms with van der Waals surface area (Å²) in [4.78, 5) is 8.37. The monoisotopic (exact) mass is 239 g/mol. The first-order valence-corrected chi connectivity index (χ1v) is 5.97. The molecular weight excluding hydrogens is 218 g/mol. The van der Waals surface area contributed by atoms with Gasteiger partial charge in [0.1, 0.15) is 11.6 Å². The second-order valence-corrected chi connectivity index (χ2v) is 3.74. The molecule has 0 aliphatic heterocycles. The molecule has 0 fully saturated rings. The minimum atomic E-state index is 0.576. The van der Waals surface area contributed by atoms with Crippen LogP contribution in [0.2, 0.25) is 0 Å². The third kappa shape index (κ3) is 5.49. The largest absolute Gasteiger partial charge is 0.481 e. The third-order valence-electron chi connectivity index (χ3n) is 2.22. The lowest BCUT2D eigenvalue weighted by atomic mass is 10.4. The van der Waals surface area contributed by atoms with E-state index in [0.717, 1.165) is 31.8 Å². The molecule has 1 rings (SSSR count). The maximum absolute atomic E-state index is 5.45. The van der Waals surface area contributed by atoms with Crippen molar-refractivity contribution in [2.24, 2.45) is 0 Å². The van der Waals surface area contributed by atoms with Crippen molar-refractivity contribution >= 4 is 5.82 Å². The Morgan fingerprint density at radius 2 is 2.12 bits per heavy atom. The topological polar surface area (TPSA) is 56.3 Å². The number of hydrogen-bond donors (Lipinski definition) is 1. The Morgan fingerprint density at radius 1 is 1.29 bits per heavy atom. The van der Waals surface area contributed by atoms with Gasteiger partial charge in [0.05, 0.1) is 13.7 Å². The highest BCUT2D eigenvalue weighted by Gasteiger charge is 2.00. The highest BCUT2D eigenvalue weighted by molar-refractivity contribution is 5.38. The molecule has 1 aromatic heterocycles. The van der Waals surface area contributed by atoms with Crippen molar-refractivity contribution in [2.75, 3.05) is 32.2 Å². The molecule has 0 amide bonds. The number of anilines is 1. The van der Waals surface area contributed by atoms with E-state index in [-0.39, 0.29) is 0 Å². The predicted octanol–water partition coefficient (Wildman–Crippen LogP) is 2.02. The Bertz CT molecular complexity index is 332. The zero-order chi connectivity index (χ0) is 12.5. The van der Waals surface area contributed by atoms with Gasteiger partial charge in [-0.3, -0.25) is 0 Å². The number of hydrogen-bond acceptors (Lipinski definition) is 5. The fourth-order valence-electron chi connectivity index (χ4n) is 1.34. The standard InChI is InChI=1S/C12H21N3O2/c1-4-5-7-17-8-6-13-11-9-12(16-3)15-10(2)14-11/h9H,4-8H2,1-3H3,(H,13,14,15). The summed E-state index contributed by atoms with van der Waals surface area (Å²) < 4.78 is 10.5. The van der Waals surface area contributed by atoms with Crippen LogP contribution in [-0.2, 0) is 4.74 Å². The SMILES string of the molecule is CCCCOCCNc1cc(OC)nc(C)n1. The first kappa shape index (κ1) is 13.7. The van der Waals surface area contributed by atoms with Gasteiger partial charge in [-0.25, -0.2) is 4.98 Å². The molecule has 0 radical (unpaired) electrons. The number of ether oxygens (including phenoxy) is 2. The van der Waals surface area contributed by atoms with Crippen molar-refractivity contribution in [3.05, 3.63) is 11.9 Å². The Balaban J connectivity index is 2.28. The van der Waals surface area contributed by atoms with E-state index in [4.69, 9.17) is 9.47 Å². The number of nitrogens with zero attached hydrogens (tertiary/aromatic N) is 2. The van der Waals surface area contributed by atoms with Crippen LogP contribution >= 0.6 is 0 Å². The van der Waals surface area contributed by atoms with Crippen LogP contribution in [-0.4, -0.2) is 36.8 Å². The number of nitrogens with one attached hydrogen (secondary N) is 1. The van der Waals surface area contributed by atoms with Crippen molar-refractivity contribution in [3.63, 3.8) is 0 Å². The van der Waals surface area contributed by atoms with E-state index in [2.05, 4.69) is 22.2 Å². The molecule has 0 atom stereocenters. The molecule has 1 N–H and O–H groups in total. The summed E-state index contributed by atoms with van der Waals surface area (Å²) in [5.74, 6) is 2.04. The van der Waals surface area contributed by atoms with Gasteiger partial charge >= 0.3 is 0 Å². The van der Waals surface area contributed by atoms with E-state index in [1.807, 2.05) is 6.92 Å². The molecule has 5 nitrogen and oxygen atoms in total. The summed E-state index contributed by atoms with van der Waals surface area (Å²) in [6, 6.07) is 1.78. The first-order valence-electron chi connectivity index (χ1n) is 5.97. The van der Waals surface area contributed by atoms with Crippen molar-refractivity contribution in [2.45, 2.75) is 26.7 Å². The molecule has 1 aromatic rings. The Hall–Kier alpha value is -1.36. The summed E-state index contributed by atoms with van der Waals surface area (Å²) in [5.41, 5.74) is 0. The van der Waals surface area contributed by atoms with Crippen molar-refractivity contribution in [1.82, 2.24) is 9.97 Å². The average Bonchev–Trinajstić information content (AvgIpc) is 2.33. The number of aromatic nitrogens is 2. The second-order valence-electron chi connectivity index (χ2n) is 3.74. The van der Waals surface area contributed by atoms with E-state index in [9.17, 15) is 0 Å². The minimum Gasteiger partial charge on any atom is -0.481 e. The van der Waals surface area contributed by atoms with Gasteiger partial charge in [-0.2, -0.15) is 4.98 Å². The maximum Gasteiger partial charge on any atom is 0.218 e. The van der Waals surface area contributed by atoms with E-state index in [1.165, 1.54) is 0 Å². The molecule has 5 heteroatoms. The van der Waals surface area contributed by atoms with Crippen molar-refractivity contribution in [3.8, 4) is 5.88 Å². The predicted molar refractivity (Wildman–Crippen MR) is 67.5 cm³/mol. The molecule has 96 valence electrons. The summed E-state index contributed by atoms with van der Waals surface area (Å²) in [7, 11) is 1.60. The van der Waals surface area contributed by atoms with E-state index in [1.54, 1.807) is 13.2 Å². The molecule has 0 aliphatic carbocycles. The van der Waals surface area contributed by atoms with Gasteiger partial charge in [-0.05, 0) is 13.3 Å². The molecule has 1 heterocycles. The molecule has 0 spiro atoms. The number of methoxy groups -OCH3 is 1. The number of rotatable bonds is 8. The van der Waals surface area contributed by atoms with Crippen LogP contribution in [0.3, 0.4) is 0 Å². The smallest absolute Gasteiger partial charge is 0.218 e. The van der Waals surface area contributed by atoms with Crippen LogP contribution in [0.15, 0.2) is 6.07 Å². The van der Waals surface area contributed by atoms with Gasteiger partial charge < -0.3 is 14.8 Å². The van der Waals surface area contributed by atoms with Crippen LogP contribution in [0.1, 0.15) is 25.6 Å². The van der Waals surface area contributed by atoms with Crippen LogP contribution in [0.25, 0.3) is 0 Å². The Kier molecular flexibility index (Phi) is 6.32. The van der Waals surface area contributed by atoms with Gasteiger partial charge in [0.25, 0.3) is 0 Å². The lowest BCUT2D eigenvalue weighted by Gasteiger charge is -2.08. The van der Waals surface area contributed by atoms with Gasteiger partial charge in [-0.1, -0.05) is 13.3 Å². The first-order chi connectivity index (χ1) is 8.26. The third-order valence-corrected chi connectivity index (χ3v) is 2.22. The van der Waals surface area contributed by atoms with Crippen LogP contribution in [0.4, 0.5) is 5.82 Å². The summed E-state index contributed by atoms with van der Waals surface area (Å²) >= 11 is 0. The van der Waals surface area contributed by atoms with Crippen molar-refractivity contribution in [1.29, 1.82) is 0 Å². The van der Waals surface area contributed by atoms with E-state index in [0.29, 0.717) is 18.3 Å². The van der Waals surface area contributed by atoms with Gasteiger partial charge in [0.15, 0.2) is 0 Å². The molecule has 0 saturated heterocycles. The number of aryl methyl sites for hydroxylation is 1. The Morgan fingerprint density at radius 3 is 2.82 bits per heavy atom. The van der Waals surface area contributed by atoms with Gasteiger partial charge in [-0.15, -0.1) is 0 Å². The summed E-state index contributed by atoms with van der Waals surface area (Å²) in [6.45, 7) is 6.24.